The number of primary amides is 2. The van der Waals surface area contributed by atoms with Crippen molar-refractivity contribution >= 4 is 11.8 Å². The summed E-state index contributed by atoms with van der Waals surface area (Å²) >= 11 is 0. The fourth-order valence-electron chi connectivity index (χ4n) is 1.30. The molecule has 2 rings (SSSR count). The fraction of sp³-hybridized carbons (Fsp3) is 0. The van der Waals surface area contributed by atoms with Gasteiger partial charge >= 0.3 is 0 Å². The van der Waals surface area contributed by atoms with E-state index >= 15 is 0 Å². The van der Waals surface area contributed by atoms with Gasteiger partial charge in [0.15, 0.2) is 11.4 Å². The molecule has 0 aliphatic heterocycles. The summed E-state index contributed by atoms with van der Waals surface area (Å²) in [5, 5.41) is 0. The molecular formula is C10H7FN6O4. The van der Waals surface area contributed by atoms with Crippen LogP contribution in [0.25, 0.3) is 0 Å². The van der Waals surface area contributed by atoms with Gasteiger partial charge in [-0.05, 0) is 0 Å². The van der Waals surface area contributed by atoms with Crippen molar-refractivity contribution in [1.29, 1.82) is 0 Å². The van der Waals surface area contributed by atoms with Crippen LogP contribution in [-0.2, 0) is 0 Å². The highest BCUT2D eigenvalue weighted by Crippen LogP contribution is 2.18. The number of rotatable bonds is 4. The van der Waals surface area contributed by atoms with Gasteiger partial charge in [0.1, 0.15) is 0 Å². The molecule has 0 aromatic carbocycles. The second-order valence-electron chi connectivity index (χ2n) is 3.59. The Morgan fingerprint density at radius 1 is 1.19 bits per heavy atom. The van der Waals surface area contributed by atoms with Gasteiger partial charge in [-0.2, -0.15) is 4.39 Å². The Kier molecular flexibility index (Phi) is 3.56. The zero-order valence-electron chi connectivity index (χ0n) is 10.2. The molecular weight excluding hydrogens is 287 g/mol. The molecule has 2 aromatic heterocycles. The minimum atomic E-state index is -1.09. The van der Waals surface area contributed by atoms with Gasteiger partial charge in [-0.1, -0.05) is 0 Å². The third-order valence-corrected chi connectivity index (χ3v) is 2.14. The molecule has 2 heterocycles. The van der Waals surface area contributed by atoms with Gasteiger partial charge in [0.25, 0.3) is 23.3 Å². The molecule has 0 fully saturated rings. The summed E-state index contributed by atoms with van der Waals surface area (Å²) in [5.74, 6) is -3.97. The highest BCUT2D eigenvalue weighted by molar-refractivity contribution is 5.93. The van der Waals surface area contributed by atoms with E-state index in [9.17, 15) is 18.8 Å². The standard InChI is InChI=1S/C10H7FN6O4/c11-3-1-15-10(6(16-3)8(13)19)21-4-2-14-9(20)5(17-4)7(12)18/h1-2H,(H2,12,18)(H2,13,19)(H,14,20). The van der Waals surface area contributed by atoms with Crippen LogP contribution >= 0.6 is 0 Å². The summed E-state index contributed by atoms with van der Waals surface area (Å²) in [6.45, 7) is 0. The molecule has 0 unspecified atom stereocenters. The van der Waals surface area contributed by atoms with Crippen molar-refractivity contribution in [1.82, 2.24) is 19.9 Å². The first kappa shape index (κ1) is 14.0. The lowest BCUT2D eigenvalue weighted by molar-refractivity contribution is 0.0981. The number of aromatic amines is 1. The van der Waals surface area contributed by atoms with Gasteiger partial charge in [0.05, 0.1) is 12.4 Å². The van der Waals surface area contributed by atoms with E-state index in [1.807, 2.05) is 0 Å². The molecule has 0 spiro atoms. The van der Waals surface area contributed by atoms with E-state index in [1.165, 1.54) is 0 Å². The van der Waals surface area contributed by atoms with Crippen LogP contribution in [0.15, 0.2) is 17.2 Å². The largest absolute Gasteiger partial charge is 0.417 e. The van der Waals surface area contributed by atoms with E-state index in [1.54, 1.807) is 0 Å². The van der Waals surface area contributed by atoms with Crippen molar-refractivity contribution in [2.45, 2.75) is 0 Å². The van der Waals surface area contributed by atoms with Crippen molar-refractivity contribution < 1.29 is 18.7 Å². The number of halogens is 1. The Morgan fingerprint density at radius 2 is 1.86 bits per heavy atom. The number of carbonyl (C=O) groups is 2. The van der Waals surface area contributed by atoms with E-state index in [2.05, 4.69) is 19.9 Å². The predicted molar refractivity (Wildman–Crippen MR) is 64.0 cm³/mol. The normalized spacial score (nSPS) is 10.1. The van der Waals surface area contributed by atoms with Crippen LogP contribution < -0.4 is 21.8 Å². The number of amides is 2. The summed E-state index contributed by atoms with van der Waals surface area (Å²) < 4.78 is 17.9. The monoisotopic (exact) mass is 294 g/mol. The Balaban J connectivity index is 2.43. The third-order valence-electron chi connectivity index (χ3n) is 2.14. The quantitative estimate of drug-likeness (QED) is 0.628. The summed E-state index contributed by atoms with van der Waals surface area (Å²) in [6.07, 6.45) is 1.67. The average Bonchev–Trinajstić information content (AvgIpc) is 2.42. The molecule has 21 heavy (non-hydrogen) atoms. The van der Waals surface area contributed by atoms with Gasteiger partial charge in [-0.3, -0.25) is 14.4 Å². The summed E-state index contributed by atoms with van der Waals surface area (Å²) in [5.41, 5.74) is 7.93. The number of hydrogen-bond donors (Lipinski definition) is 3. The Bertz CT molecular complexity index is 789. The minimum absolute atomic E-state index is 0.313. The smallest absolute Gasteiger partial charge is 0.279 e. The fourth-order valence-corrected chi connectivity index (χ4v) is 1.30. The van der Waals surface area contributed by atoms with E-state index in [0.717, 1.165) is 6.20 Å². The van der Waals surface area contributed by atoms with Gasteiger partial charge in [0.2, 0.25) is 11.8 Å². The molecule has 0 aliphatic rings. The van der Waals surface area contributed by atoms with Gasteiger partial charge in [0, 0.05) is 0 Å². The molecule has 0 saturated heterocycles. The summed E-state index contributed by atoms with van der Waals surface area (Å²) in [4.78, 5) is 45.7. The molecule has 2 amide bonds. The highest BCUT2D eigenvalue weighted by Gasteiger charge is 2.17. The zero-order valence-corrected chi connectivity index (χ0v) is 10.2. The molecule has 0 saturated carbocycles. The molecule has 0 bridgehead atoms. The number of H-pyrrole nitrogens is 1. The van der Waals surface area contributed by atoms with Crippen LogP contribution in [0.3, 0.4) is 0 Å². The van der Waals surface area contributed by atoms with E-state index in [0.29, 0.717) is 6.20 Å². The van der Waals surface area contributed by atoms with Gasteiger partial charge < -0.3 is 21.2 Å². The summed E-state index contributed by atoms with van der Waals surface area (Å²) in [7, 11) is 0. The van der Waals surface area contributed by atoms with E-state index < -0.39 is 40.6 Å². The van der Waals surface area contributed by atoms with Crippen molar-refractivity contribution in [2.75, 3.05) is 0 Å². The SMILES string of the molecule is NC(=O)c1nc(F)cnc1Oc1c[nH]c(=O)c(C(N)=O)n1. The maximum Gasteiger partial charge on any atom is 0.279 e. The molecule has 11 heteroatoms. The third kappa shape index (κ3) is 2.97. The van der Waals surface area contributed by atoms with Crippen LogP contribution in [0.4, 0.5) is 4.39 Å². The predicted octanol–water partition coefficient (Wildman–Crippen LogP) is -1.31. The van der Waals surface area contributed by atoms with Gasteiger partial charge in [-0.25, -0.2) is 15.0 Å². The van der Waals surface area contributed by atoms with Crippen LogP contribution in [0.5, 0.6) is 11.8 Å². The average molecular weight is 294 g/mol. The van der Waals surface area contributed by atoms with Crippen molar-refractivity contribution in [3.05, 3.63) is 40.1 Å². The lowest BCUT2D eigenvalue weighted by Crippen LogP contribution is -2.25. The van der Waals surface area contributed by atoms with Gasteiger partial charge in [-0.15, -0.1) is 0 Å². The maximum absolute atomic E-state index is 12.9. The topological polar surface area (TPSA) is 167 Å². The molecule has 10 nitrogen and oxygen atoms in total. The molecule has 108 valence electrons. The minimum Gasteiger partial charge on any atom is -0.417 e. The Labute approximate surface area is 115 Å². The number of hydrogen-bond acceptors (Lipinski definition) is 7. The Hall–Kier alpha value is -3.37. The second-order valence-corrected chi connectivity index (χ2v) is 3.59. The number of carbonyl (C=O) groups excluding carboxylic acids is 2. The molecule has 0 atom stereocenters. The number of nitrogens with zero attached hydrogens (tertiary/aromatic N) is 3. The molecule has 2 aromatic rings. The van der Waals surface area contributed by atoms with Crippen LogP contribution in [0, 0.1) is 5.95 Å². The molecule has 5 N–H and O–H groups in total. The lowest BCUT2D eigenvalue weighted by atomic mass is 10.4. The van der Waals surface area contributed by atoms with Crippen molar-refractivity contribution in [3.63, 3.8) is 0 Å². The number of ether oxygens (including phenoxy) is 1. The highest BCUT2D eigenvalue weighted by atomic mass is 19.1. The van der Waals surface area contributed by atoms with E-state index in [4.69, 9.17) is 16.2 Å². The zero-order chi connectivity index (χ0) is 15.6. The van der Waals surface area contributed by atoms with Crippen molar-refractivity contribution in [3.8, 4) is 11.8 Å². The first-order valence-electron chi connectivity index (χ1n) is 5.28. The first-order valence-corrected chi connectivity index (χ1v) is 5.28. The van der Waals surface area contributed by atoms with Crippen molar-refractivity contribution in [2.24, 2.45) is 11.5 Å². The molecule has 0 radical (unpaired) electrons. The summed E-state index contributed by atoms with van der Waals surface area (Å²) in [6, 6.07) is 0. The number of nitrogens with two attached hydrogens (primary N) is 2. The maximum atomic E-state index is 12.9. The number of nitrogens with one attached hydrogen (secondary N) is 1. The van der Waals surface area contributed by atoms with Crippen LogP contribution in [-0.4, -0.2) is 31.8 Å². The second kappa shape index (κ2) is 5.32. The van der Waals surface area contributed by atoms with E-state index in [-0.39, 0.29) is 5.88 Å². The Morgan fingerprint density at radius 3 is 2.48 bits per heavy atom. The molecule has 0 aliphatic carbocycles. The first-order chi connectivity index (χ1) is 9.88. The van der Waals surface area contributed by atoms with Crippen LogP contribution in [0.2, 0.25) is 0 Å². The van der Waals surface area contributed by atoms with Crippen LogP contribution in [0.1, 0.15) is 21.0 Å². The lowest BCUT2D eigenvalue weighted by Gasteiger charge is -2.06. The number of aromatic nitrogens is 4.